The zero-order valence-corrected chi connectivity index (χ0v) is 10.6. The molecule has 0 aliphatic rings. The van der Waals surface area contributed by atoms with Crippen LogP contribution in [0.25, 0.3) is 22.4 Å². The Bertz CT molecular complexity index is 737. The fraction of sp³-hybridized carbons (Fsp3) is 0. The molecule has 0 bridgehead atoms. The maximum atomic E-state index is 13.4. The Labute approximate surface area is 110 Å². The van der Waals surface area contributed by atoms with E-state index in [1.165, 1.54) is 18.2 Å². The van der Waals surface area contributed by atoms with Gasteiger partial charge in [0.1, 0.15) is 17.5 Å². The highest BCUT2D eigenvalue weighted by Gasteiger charge is 2.08. The Morgan fingerprint density at radius 1 is 1.06 bits per heavy atom. The van der Waals surface area contributed by atoms with Crippen molar-refractivity contribution < 1.29 is 8.78 Å². The van der Waals surface area contributed by atoms with Gasteiger partial charge in [0, 0.05) is 5.56 Å². The molecular weight excluding hydrogens is 302 g/mol. The first-order valence-corrected chi connectivity index (χ1v) is 6.03. The Kier molecular flexibility index (Phi) is 2.63. The molecule has 5 heteroatoms. The minimum atomic E-state index is -0.362. The molecule has 0 spiro atoms. The normalized spacial score (nSPS) is 11.1. The number of halogens is 3. The van der Waals surface area contributed by atoms with Crippen molar-refractivity contribution in [3.05, 3.63) is 52.5 Å². The van der Waals surface area contributed by atoms with Gasteiger partial charge in [-0.2, -0.15) is 0 Å². The van der Waals surface area contributed by atoms with Crippen LogP contribution < -0.4 is 0 Å². The van der Waals surface area contributed by atoms with Crippen molar-refractivity contribution >= 4 is 27.0 Å². The molecule has 0 radical (unpaired) electrons. The summed E-state index contributed by atoms with van der Waals surface area (Å²) in [5, 5.41) is 0. The van der Waals surface area contributed by atoms with Crippen LogP contribution in [0.4, 0.5) is 8.78 Å². The summed E-state index contributed by atoms with van der Waals surface area (Å²) in [7, 11) is 0. The number of hydrogen-bond acceptors (Lipinski definition) is 1. The van der Waals surface area contributed by atoms with Gasteiger partial charge in [-0.15, -0.1) is 0 Å². The van der Waals surface area contributed by atoms with Crippen molar-refractivity contribution in [1.82, 2.24) is 9.97 Å². The van der Waals surface area contributed by atoms with Crippen LogP contribution in [0.1, 0.15) is 0 Å². The molecule has 0 aliphatic carbocycles. The van der Waals surface area contributed by atoms with Gasteiger partial charge in [-0.3, -0.25) is 0 Å². The lowest BCUT2D eigenvalue weighted by atomic mass is 10.2. The molecule has 3 rings (SSSR count). The van der Waals surface area contributed by atoms with Crippen LogP contribution in [0.15, 0.2) is 40.9 Å². The van der Waals surface area contributed by atoms with E-state index in [0.717, 1.165) is 0 Å². The lowest BCUT2D eigenvalue weighted by Gasteiger charge is -1.98. The van der Waals surface area contributed by atoms with Crippen molar-refractivity contribution in [3.63, 3.8) is 0 Å². The Balaban J connectivity index is 2.16. The van der Waals surface area contributed by atoms with Gasteiger partial charge >= 0.3 is 0 Å². The molecule has 0 unspecified atom stereocenters. The number of nitrogens with zero attached hydrogens (tertiary/aromatic N) is 1. The summed E-state index contributed by atoms with van der Waals surface area (Å²) in [5.41, 5.74) is 1.86. The van der Waals surface area contributed by atoms with Crippen LogP contribution in [0, 0.1) is 11.6 Å². The first kappa shape index (κ1) is 11.3. The quantitative estimate of drug-likeness (QED) is 0.714. The molecule has 1 heterocycles. The van der Waals surface area contributed by atoms with Gasteiger partial charge in [0.2, 0.25) is 0 Å². The number of imidazole rings is 1. The number of fused-ring (bicyclic) bond motifs is 1. The van der Waals surface area contributed by atoms with Gasteiger partial charge in [0.05, 0.1) is 15.5 Å². The number of hydrogen-bond donors (Lipinski definition) is 1. The average Bonchev–Trinajstić information content (AvgIpc) is 2.75. The van der Waals surface area contributed by atoms with Crippen LogP contribution in [0.2, 0.25) is 0 Å². The van der Waals surface area contributed by atoms with E-state index in [0.29, 0.717) is 26.9 Å². The monoisotopic (exact) mass is 308 g/mol. The molecule has 18 heavy (non-hydrogen) atoms. The lowest BCUT2D eigenvalue weighted by Crippen LogP contribution is -1.83. The molecule has 1 N–H and O–H groups in total. The Morgan fingerprint density at radius 3 is 2.67 bits per heavy atom. The topological polar surface area (TPSA) is 28.7 Å². The van der Waals surface area contributed by atoms with E-state index in [9.17, 15) is 8.78 Å². The highest BCUT2D eigenvalue weighted by Crippen LogP contribution is 2.24. The van der Waals surface area contributed by atoms with E-state index >= 15 is 0 Å². The predicted molar refractivity (Wildman–Crippen MR) is 69.1 cm³/mol. The number of rotatable bonds is 1. The minimum absolute atomic E-state index is 0.334. The SMILES string of the molecule is Fc1ccc2nc(-c3ccc(Br)c(F)c3)[nH]c2c1. The van der Waals surface area contributed by atoms with Gasteiger partial charge in [0.15, 0.2) is 0 Å². The standard InChI is InChI=1S/C13H7BrF2N2/c14-9-3-1-7(5-10(9)16)13-17-11-4-2-8(15)6-12(11)18-13/h1-6H,(H,17,18). The van der Waals surface area contributed by atoms with Crippen LogP contribution in [0.3, 0.4) is 0 Å². The van der Waals surface area contributed by atoms with Gasteiger partial charge in [-0.1, -0.05) is 0 Å². The molecule has 2 aromatic carbocycles. The van der Waals surface area contributed by atoms with E-state index in [-0.39, 0.29) is 11.6 Å². The molecule has 0 aliphatic heterocycles. The fourth-order valence-electron chi connectivity index (χ4n) is 1.76. The molecular formula is C13H7BrF2N2. The number of nitrogens with one attached hydrogen (secondary N) is 1. The molecule has 0 saturated heterocycles. The van der Waals surface area contributed by atoms with Crippen molar-refractivity contribution in [2.24, 2.45) is 0 Å². The second-order valence-electron chi connectivity index (χ2n) is 3.88. The summed E-state index contributed by atoms with van der Waals surface area (Å²) in [6.45, 7) is 0. The van der Waals surface area contributed by atoms with Gasteiger partial charge in [-0.25, -0.2) is 13.8 Å². The summed E-state index contributed by atoms with van der Waals surface area (Å²) in [4.78, 5) is 7.26. The smallest absolute Gasteiger partial charge is 0.138 e. The largest absolute Gasteiger partial charge is 0.338 e. The molecule has 0 fully saturated rings. The number of benzene rings is 2. The zero-order valence-electron chi connectivity index (χ0n) is 9.05. The summed E-state index contributed by atoms with van der Waals surface area (Å²) in [5.74, 6) is -0.180. The highest BCUT2D eigenvalue weighted by molar-refractivity contribution is 9.10. The lowest BCUT2D eigenvalue weighted by molar-refractivity contribution is 0.621. The molecule has 90 valence electrons. The van der Waals surface area contributed by atoms with E-state index in [2.05, 4.69) is 25.9 Å². The number of aromatic nitrogens is 2. The van der Waals surface area contributed by atoms with Crippen molar-refractivity contribution in [3.8, 4) is 11.4 Å². The number of H-pyrrole nitrogens is 1. The molecule has 0 atom stereocenters. The van der Waals surface area contributed by atoms with Crippen molar-refractivity contribution in [2.75, 3.05) is 0 Å². The second-order valence-corrected chi connectivity index (χ2v) is 4.73. The maximum Gasteiger partial charge on any atom is 0.138 e. The zero-order chi connectivity index (χ0) is 12.7. The van der Waals surface area contributed by atoms with E-state index < -0.39 is 0 Å². The van der Waals surface area contributed by atoms with Gasteiger partial charge in [0.25, 0.3) is 0 Å². The fourth-order valence-corrected chi connectivity index (χ4v) is 2.01. The second kappa shape index (κ2) is 4.17. The van der Waals surface area contributed by atoms with Crippen LogP contribution in [-0.4, -0.2) is 9.97 Å². The molecule has 1 aromatic heterocycles. The van der Waals surface area contributed by atoms with E-state index in [4.69, 9.17) is 0 Å². The summed E-state index contributed by atoms with van der Waals surface area (Å²) < 4.78 is 26.9. The summed E-state index contributed by atoms with van der Waals surface area (Å²) >= 11 is 3.09. The third-order valence-electron chi connectivity index (χ3n) is 2.64. The molecule has 0 amide bonds. The van der Waals surface area contributed by atoms with E-state index in [1.54, 1.807) is 18.2 Å². The van der Waals surface area contributed by atoms with Gasteiger partial charge in [-0.05, 0) is 52.3 Å². The summed E-state index contributed by atoms with van der Waals surface area (Å²) in [6.07, 6.45) is 0. The molecule has 0 saturated carbocycles. The minimum Gasteiger partial charge on any atom is -0.338 e. The van der Waals surface area contributed by atoms with E-state index in [1.807, 2.05) is 0 Å². The van der Waals surface area contributed by atoms with Crippen molar-refractivity contribution in [1.29, 1.82) is 0 Å². The van der Waals surface area contributed by atoms with Gasteiger partial charge < -0.3 is 4.98 Å². The third kappa shape index (κ3) is 1.90. The van der Waals surface area contributed by atoms with Crippen LogP contribution in [0.5, 0.6) is 0 Å². The maximum absolute atomic E-state index is 13.4. The Hall–Kier alpha value is -1.75. The first-order chi connectivity index (χ1) is 8.63. The number of aromatic amines is 1. The molecule has 2 nitrogen and oxygen atoms in total. The highest BCUT2D eigenvalue weighted by atomic mass is 79.9. The predicted octanol–water partition coefficient (Wildman–Crippen LogP) is 4.27. The molecule has 3 aromatic rings. The Morgan fingerprint density at radius 2 is 1.89 bits per heavy atom. The van der Waals surface area contributed by atoms with Crippen LogP contribution >= 0.6 is 15.9 Å². The van der Waals surface area contributed by atoms with Crippen molar-refractivity contribution in [2.45, 2.75) is 0 Å². The third-order valence-corrected chi connectivity index (χ3v) is 3.28. The first-order valence-electron chi connectivity index (χ1n) is 5.24. The van der Waals surface area contributed by atoms with Crippen LogP contribution in [-0.2, 0) is 0 Å². The summed E-state index contributed by atoms with van der Waals surface area (Å²) in [6, 6.07) is 9.01. The average molecular weight is 309 g/mol.